The Labute approximate surface area is 143 Å². The topological polar surface area (TPSA) is 41.6 Å². The summed E-state index contributed by atoms with van der Waals surface area (Å²) in [4.78, 5) is 14.2. The van der Waals surface area contributed by atoms with E-state index >= 15 is 0 Å². The van der Waals surface area contributed by atoms with Gasteiger partial charge in [-0.25, -0.2) is 4.79 Å². The molecule has 0 spiro atoms. The van der Waals surface area contributed by atoms with Gasteiger partial charge in [0.1, 0.15) is 12.4 Å². The molecule has 24 heavy (non-hydrogen) atoms. The summed E-state index contributed by atoms with van der Waals surface area (Å²) < 4.78 is 5.76. The lowest BCUT2D eigenvalue weighted by atomic mass is 10.0. The van der Waals surface area contributed by atoms with E-state index in [-0.39, 0.29) is 6.03 Å². The Morgan fingerprint density at radius 3 is 2.62 bits per heavy atom. The largest absolute Gasteiger partial charge is 0.489 e. The number of piperidine rings is 1. The zero-order chi connectivity index (χ0) is 16.8. The molecule has 3 rings (SSSR count). The van der Waals surface area contributed by atoms with Crippen molar-refractivity contribution in [1.29, 1.82) is 0 Å². The number of likely N-dealkylation sites (tertiary alicyclic amines) is 1. The van der Waals surface area contributed by atoms with Gasteiger partial charge in [0.15, 0.2) is 0 Å². The van der Waals surface area contributed by atoms with Crippen molar-refractivity contribution in [1.82, 2.24) is 4.90 Å². The summed E-state index contributed by atoms with van der Waals surface area (Å²) in [5.74, 6) is 1.38. The summed E-state index contributed by atoms with van der Waals surface area (Å²) in [7, 11) is 0. The Hall–Kier alpha value is -2.49. The number of anilines is 1. The van der Waals surface area contributed by atoms with Crippen LogP contribution in [0.5, 0.6) is 5.75 Å². The van der Waals surface area contributed by atoms with Crippen LogP contribution in [0, 0.1) is 5.92 Å². The highest BCUT2D eigenvalue weighted by Gasteiger charge is 2.20. The molecule has 1 heterocycles. The van der Waals surface area contributed by atoms with Gasteiger partial charge in [-0.2, -0.15) is 0 Å². The van der Waals surface area contributed by atoms with Crippen LogP contribution in [-0.4, -0.2) is 24.0 Å². The Kier molecular flexibility index (Phi) is 5.36. The minimum atomic E-state index is -0.0143. The number of nitrogens with one attached hydrogen (secondary N) is 1. The van der Waals surface area contributed by atoms with Gasteiger partial charge in [0, 0.05) is 18.8 Å². The SMILES string of the molecule is CC1CCCN(C(=O)Nc2ccc(OCc3ccccc3)cc2)C1. The van der Waals surface area contributed by atoms with Crippen LogP contribution in [-0.2, 0) is 6.61 Å². The molecule has 1 N–H and O–H groups in total. The summed E-state index contributed by atoms with van der Waals surface area (Å²) >= 11 is 0. The van der Waals surface area contributed by atoms with E-state index < -0.39 is 0 Å². The van der Waals surface area contributed by atoms with E-state index in [2.05, 4.69) is 12.2 Å². The number of rotatable bonds is 4. The molecule has 1 fully saturated rings. The van der Waals surface area contributed by atoms with Crippen molar-refractivity contribution in [2.45, 2.75) is 26.4 Å². The van der Waals surface area contributed by atoms with Gasteiger partial charge in [0.05, 0.1) is 0 Å². The smallest absolute Gasteiger partial charge is 0.321 e. The third-order valence-electron chi connectivity index (χ3n) is 4.30. The minimum Gasteiger partial charge on any atom is -0.489 e. The molecule has 1 aliphatic heterocycles. The van der Waals surface area contributed by atoms with E-state index in [9.17, 15) is 4.79 Å². The van der Waals surface area contributed by atoms with Gasteiger partial charge in [-0.15, -0.1) is 0 Å². The highest BCUT2D eigenvalue weighted by molar-refractivity contribution is 5.89. The Morgan fingerprint density at radius 1 is 1.17 bits per heavy atom. The number of benzene rings is 2. The maximum Gasteiger partial charge on any atom is 0.321 e. The molecule has 0 radical (unpaired) electrons. The third-order valence-corrected chi connectivity index (χ3v) is 4.30. The number of ether oxygens (including phenoxy) is 1. The van der Waals surface area contributed by atoms with Gasteiger partial charge in [0.2, 0.25) is 0 Å². The Balaban J connectivity index is 1.51. The lowest BCUT2D eigenvalue weighted by Gasteiger charge is -2.30. The number of nitrogens with zero attached hydrogens (tertiary/aromatic N) is 1. The molecule has 0 aromatic heterocycles. The quantitative estimate of drug-likeness (QED) is 0.898. The number of carbonyl (C=O) groups is 1. The van der Waals surface area contributed by atoms with E-state index in [1.807, 2.05) is 59.5 Å². The summed E-state index contributed by atoms with van der Waals surface area (Å²) in [6.45, 7) is 4.41. The van der Waals surface area contributed by atoms with Crippen LogP contribution in [0.4, 0.5) is 10.5 Å². The maximum atomic E-state index is 12.3. The molecule has 4 nitrogen and oxygen atoms in total. The molecule has 1 saturated heterocycles. The average molecular weight is 324 g/mol. The number of amides is 2. The molecule has 1 atom stereocenters. The van der Waals surface area contributed by atoms with Gasteiger partial charge >= 0.3 is 6.03 Å². The van der Waals surface area contributed by atoms with Gasteiger partial charge in [-0.05, 0) is 48.6 Å². The fourth-order valence-electron chi connectivity index (χ4n) is 2.95. The molecule has 2 aromatic rings. The van der Waals surface area contributed by atoms with E-state index in [0.717, 1.165) is 36.5 Å². The predicted molar refractivity (Wildman–Crippen MR) is 96.2 cm³/mol. The molecule has 0 aliphatic carbocycles. The van der Waals surface area contributed by atoms with Crippen LogP contribution < -0.4 is 10.1 Å². The first-order valence-corrected chi connectivity index (χ1v) is 8.53. The monoisotopic (exact) mass is 324 g/mol. The van der Waals surface area contributed by atoms with Crippen molar-refractivity contribution in [3.63, 3.8) is 0 Å². The normalized spacial score (nSPS) is 17.4. The van der Waals surface area contributed by atoms with E-state index in [4.69, 9.17) is 4.74 Å². The van der Waals surface area contributed by atoms with Crippen LogP contribution >= 0.6 is 0 Å². The number of hydrogen-bond donors (Lipinski definition) is 1. The van der Waals surface area contributed by atoms with E-state index in [1.54, 1.807) is 0 Å². The van der Waals surface area contributed by atoms with E-state index in [0.29, 0.717) is 12.5 Å². The molecule has 1 unspecified atom stereocenters. The van der Waals surface area contributed by atoms with Crippen molar-refractivity contribution in [3.8, 4) is 5.75 Å². The summed E-state index contributed by atoms with van der Waals surface area (Å²) in [6.07, 6.45) is 2.29. The van der Waals surface area contributed by atoms with Crippen molar-refractivity contribution >= 4 is 11.7 Å². The van der Waals surface area contributed by atoms with Crippen LogP contribution in [0.15, 0.2) is 54.6 Å². The van der Waals surface area contributed by atoms with Gasteiger partial charge in [0.25, 0.3) is 0 Å². The number of carbonyl (C=O) groups excluding carboxylic acids is 1. The number of hydrogen-bond acceptors (Lipinski definition) is 2. The van der Waals surface area contributed by atoms with Crippen LogP contribution in [0.1, 0.15) is 25.3 Å². The lowest BCUT2D eigenvalue weighted by molar-refractivity contribution is 0.182. The molecule has 2 aromatic carbocycles. The zero-order valence-electron chi connectivity index (χ0n) is 14.1. The van der Waals surface area contributed by atoms with Crippen LogP contribution in [0.25, 0.3) is 0 Å². The Morgan fingerprint density at radius 2 is 1.92 bits per heavy atom. The third kappa shape index (κ3) is 4.51. The van der Waals surface area contributed by atoms with E-state index in [1.165, 1.54) is 6.42 Å². The molecule has 2 amide bonds. The molecule has 0 saturated carbocycles. The fraction of sp³-hybridized carbons (Fsp3) is 0.350. The number of urea groups is 1. The molecular weight excluding hydrogens is 300 g/mol. The second-order valence-corrected chi connectivity index (χ2v) is 6.42. The van der Waals surface area contributed by atoms with Crippen molar-refractivity contribution in [2.75, 3.05) is 18.4 Å². The van der Waals surface area contributed by atoms with Crippen LogP contribution in [0.3, 0.4) is 0 Å². The molecule has 126 valence electrons. The zero-order valence-corrected chi connectivity index (χ0v) is 14.1. The van der Waals surface area contributed by atoms with Crippen molar-refractivity contribution < 1.29 is 9.53 Å². The standard InChI is InChI=1S/C20H24N2O2/c1-16-6-5-13-22(14-16)20(23)21-18-9-11-19(12-10-18)24-15-17-7-3-2-4-8-17/h2-4,7-12,16H,5-6,13-15H2,1H3,(H,21,23). The second-order valence-electron chi connectivity index (χ2n) is 6.42. The molecule has 0 bridgehead atoms. The molecule has 1 aliphatic rings. The lowest BCUT2D eigenvalue weighted by Crippen LogP contribution is -2.41. The second kappa shape index (κ2) is 7.86. The van der Waals surface area contributed by atoms with Gasteiger partial charge in [-0.1, -0.05) is 37.3 Å². The highest BCUT2D eigenvalue weighted by atomic mass is 16.5. The van der Waals surface area contributed by atoms with Gasteiger partial charge in [-0.3, -0.25) is 0 Å². The van der Waals surface area contributed by atoms with Gasteiger partial charge < -0.3 is 15.0 Å². The maximum absolute atomic E-state index is 12.3. The summed E-state index contributed by atoms with van der Waals surface area (Å²) in [5.41, 5.74) is 1.93. The fourth-order valence-corrected chi connectivity index (χ4v) is 2.95. The van der Waals surface area contributed by atoms with Crippen molar-refractivity contribution in [3.05, 3.63) is 60.2 Å². The highest BCUT2D eigenvalue weighted by Crippen LogP contribution is 2.19. The summed E-state index contributed by atoms with van der Waals surface area (Å²) in [5, 5.41) is 2.96. The predicted octanol–water partition coefficient (Wildman–Crippen LogP) is 4.53. The minimum absolute atomic E-state index is 0.0143. The Bertz CT molecular complexity index is 655. The first kappa shape index (κ1) is 16.4. The van der Waals surface area contributed by atoms with Crippen LogP contribution in [0.2, 0.25) is 0 Å². The molecule has 4 heteroatoms. The average Bonchev–Trinajstić information content (AvgIpc) is 2.62. The first-order valence-electron chi connectivity index (χ1n) is 8.53. The van der Waals surface area contributed by atoms with Crippen molar-refractivity contribution in [2.24, 2.45) is 5.92 Å². The first-order chi connectivity index (χ1) is 11.7. The molecular formula is C20H24N2O2. The summed E-state index contributed by atoms with van der Waals surface area (Å²) in [6, 6.07) is 17.6.